The highest BCUT2D eigenvalue weighted by Crippen LogP contribution is 2.27. The predicted octanol–water partition coefficient (Wildman–Crippen LogP) is 2.65. The van der Waals surface area contributed by atoms with Gasteiger partial charge in [0.05, 0.1) is 6.54 Å². The third-order valence-electron chi connectivity index (χ3n) is 4.55. The van der Waals surface area contributed by atoms with Crippen LogP contribution in [0.5, 0.6) is 5.88 Å². The number of pyridine rings is 1. The van der Waals surface area contributed by atoms with Gasteiger partial charge in [0.1, 0.15) is 0 Å². The SMILES string of the molecule is O=C1C(=O)N(C2CCCCC2)C(=O)N1Cc1ccc(OCC(F)(F)F)nc1. The van der Waals surface area contributed by atoms with Gasteiger partial charge in [-0.15, -0.1) is 0 Å². The van der Waals surface area contributed by atoms with Gasteiger partial charge in [-0.05, 0) is 18.4 Å². The maximum atomic E-state index is 12.5. The first kappa shape index (κ1) is 19.1. The Hall–Kier alpha value is -2.65. The molecule has 1 saturated carbocycles. The maximum absolute atomic E-state index is 12.5. The molecule has 1 saturated heterocycles. The normalized spacial score (nSPS) is 19.1. The Morgan fingerprint density at radius 2 is 1.78 bits per heavy atom. The molecule has 2 aliphatic rings. The smallest absolute Gasteiger partial charge is 0.422 e. The lowest BCUT2D eigenvalue weighted by Gasteiger charge is -2.28. The lowest BCUT2D eigenvalue weighted by Crippen LogP contribution is -2.42. The van der Waals surface area contributed by atoms with Crippen LogP contribution >= 0.6 is 0 Å². The van der Waals surface area contributed by atoms with Gasteiger partial charge < -0.3 is 4.74 Å². The Morgan fingerprint density at radius 1 is 1.07 bits per heavy atom. The summed E-state index contributed by atoms with van der Waals surface area (Å²) in [5, 5.41) is 0. The van der Waals surface area contributed by atoms with E-state index in [9.17, 15) is 27.6 Å². The van der Waals surface area contributed by atoms with Crippen molar-refractivity contribution in [2.24, 2.45) is 0 Å². The molecule has 2 heterocycles. The molecule has 1 aromatic heterocycles. The average molecular weight is 385 g/mol. The Bertz CT molecular complexity index is 730. The molecule has 0 aromatic carbocycles. The number of carbonyl (C=O) groups excluding carboxylic acids is 3. The lowest BCUT2D eigenvalue weighted by atomic mass is 9.94. The highest BCUT2D eigenvalue weighted by Gasteiger charge is 2.47. The minimum absolute atomic E-state index is 0.181. The number of imide groups is 2. The van der Waals surface area contributed by atoms with Crippen molar-refractivity contribution in [1.82, 2.24) is 14.8 Å². The van der Waals surface area contributed by atoms with E-state index in [2.05, 4.69) is 9.72 Å². The quantitative estimate of drug-likeness (QED) is 0.575. The van der Waals surface area contributed by atoms with Gasteiger partial charge in [0, 0.05) is 18.3 Å². The van der Waals surface area contributed by atoms with Gasteiger partial charge in [0.15, 0.2) is 6.61 Å². The van der Waals surface area contributed by atoms with Crippen LogP contribution in [-0.2, 0) is 16.1 Å². The topological polar surface area (TPSA) is 79.8 Å². The van der Waals surface area contributed by atoms with Crippen molar-refractivity contribution in [2.45, 2.75) is 50.9 Å². The zero-order chi connectivity index (χ0) is 19.6. The molecule has 4 amide bonds. The van der Waals surface area contributed by atoms with Crippen LogP contribution in [0.25, 0.3) is 0 Å². The Morgan fingerprint density at radius 3 is 2.37 bits per heavy atom. The molecule has 0 spiro atoms. The molecule has 1 aliphatic carbocycles. The van der Waals surface area contributed by atoms with Gasteiger partial charge in [0.2, 0.25) is 5.88 Å². The first-order valence-corrected chi connectivity index (χ1v) is 8.60. The number of carbonyl (C=O) groups is 3. The van der Waals surface area contributed by atoms with E-state index in [4.69, 9.17) is 0 Å². The first-order valence-electron chi connectivity index (χ1n) is 8.60. The predicted molar refractivity (Wildman–Crippen MR) is 85.5 cm³/mol. The van der Waals surface area contributed by atoms with E-state index < -0.39 is 30.6 Å². The van der Waals surface area contributed by atoms with Crippen molar-refractivity contribution in [2.75, 3.05) is 6.61 Å². The van der Waals surface area contributed by atoms with Gasteiger partial charge >= 0.3 is 24.0 Å². The fraction of sp³-hybridized carbons (Fsp3) is 0.529. The fourth-order valence-electron chi connectivity index (χ4n) is 3.25. The van der Waals surface area contributed by atoms with Crippen molar-refractivity contribution in [1.29, 1.82) is 0 Å². The molecule has 0 atom stereocenters. The Labute approximate surface area is 153 Å². The summed E-state index contributed by atoms with van der Waals surface area (Å²) in [6.07, 6.45) is 0.950. The molecule has 2 fully saturated rings. The second kappa shape index (κ2) is 7.53. The number of hydrogen-bond donors (Lipinski definition) is 0. The van der Waals surface area contributed by atoms with E-state index in [1.54, 1.807) is 0 Å². The van der Waals surface area contributed by atoms with Crippen molar-refractivity contribution in [3.05, 3.63) is 23.9 Å². The molecule has 0 bridgehead atoms. The zero-order valence-corrected chi connectivity index (χ0v) is 14.4. The minimum Gasteiger partial charge on any atom is -0.468 e. The molecule has 10 heteroatoms. The van der Waals surface area contributed by atoms with E-state index in [-0.39, 0.29) is 18.5 Å². The highest BCUT2D eigenvalue weighted by molar-refractivity contribution is 6.44. The molecule has 146 valence electrons. The van der Waals surface area contributed by atoms with Crippen LogP contribution in [0.2, 0.25) is 0 Å². The Balaban J connectivity index is 1.65. The number of aromatic nitrogens is 1. The number of alkyl halides is 3. The van der Waals surface area contributed by atoms with Crippen LogP contribution < -0.4 is 4.74 Å². The summed E-state index contributed by atoms with van der Waals surface area (Å²) in [6.45, 7) is -1.65. The monoisotopic (exact) mass is 385 g/mol. The summed E-state index contributed by atoms with van der Waals surface area (Å²) in [7, 11) is 0. The molecular formula is C17H18F3N3O4. The lowest BCUT2D eigenvalue weighted by molar-refractivity contribution is -0.154. The number of rotatable bonds is 5. The molecule has 27 heavy (non-hydrogen) atoms. The van der Waals surface area contributed by atoms with Crippen LogP contribution in [0.15, 0.2) is 18.3 Å². The third-order valence-corrected chi connectivity index (χ3v) is 4.55. The number of amides is 4. The molecule has 0 unspecified atom stereocenters. The van der Waals surface area contributed by atoms with E-state index in [0.717, 1.165) is 29.1 Å². The van der Waals surface area contributed by atoms with Crippen LogP contribution in [0.1, 0.15) is 37.7 Å². The molecule has 3 rings (SSSR count). The van der Waals surface area contributed by atoms with Gasteiger partial charge in [0.25, 0.3) is 0 Å². The van der Waals surface area contributed by atoms with E-state index in [1.807, 2.05) is 0 Å². The van der Waals surface area contributed by atoms with Crippen molar-refractivity contribution in [3.63, 3.8) is 0 Å². The van der Waals surface area contributed by atoms with Crippen LogP contribution in [0.4, 0.5) is 18.0 Å². The largest absolute Gasteiger partial charge is 0.468 e. The maximum Gasteiger partial charge on any atom is 0.422 e. The fourth-order valence-corrected chi connectivity index (χ4v) is 3.25. The van der Waals surface area contributed by atoms with Crippen LogP contribution in [0, 0.1) is 0 Å². The summed E-state index contributed by atoms with van der Waals surface area (Å²) in [6, 6.07) is 1.69. The second-order valence-electron chi connectivity index (χ2n) is 6.55. The molecule has 0 radical (unpaired) electrons. The summed E-state index contributed by atoms with van der Waals surface area (Å²) in [5.41, 5.74) is 0.398. The van der Waals surface area contributed by atoms with E-state index in [1.165, 1.54) is 18.3 Å². The molecular weight excluding hydrogens is 367 g/mol. The van der Waals surface area contributed by atoms with E-state index in [0.29, 0.717) is 18.4 Å². The Kier molecular flexibility index (Phi) is 5.33. The molecule has 1 aromatic rings. The van der Waals surface area contributed by atoms with E-state index >= 15 is 0 Å². The number of ether oxygens (including phenoxy) is 1. The average Bonchev–Trinajstić information content (AvgIpc) is 2.84. The van der Waals surface area contributed by atoms with Crippen molar-refractivity contribution < 1.29 is 32.3 Å². The van der Waals surface area contributed by atoms with Gasteiger partial charge in [-0.25, -0.2) is 9.78 Å². The number of halogens is 3. The van der Waals surface area contributed by atoms with Gasteiger partial charge in [-0.2, -0.15) is 13.2 Å². The molecule has 7 nitrogen and oxygen atoms in total. The number of nitrogens with zero attached hydrogens (tertiary/aromatic N) is 3. The van der Waals surface area contributed by atoms with Crippen molar-refractivity contribution >= 4 is 17.8 Å². The van der Waals surface area contributed by atoms with Crippen LogP contribution in [-0.4, -0.2) is 51.5 Å². The number of urea groups is 1. The summed E-state index contributed by atoms with van der Waals surface area (Å²) >= 11 is 0. The second-order valence-corrected chi connectivity index (χ2v) is 6.55. The van der Waals surface area contributed by atoms with Gasteiger partial charge in [-0.3, -0.25) is 19.4 Å². The minimum atomic E-state index is -4.47. The molecule has 1 aliphatic heterocycles. The third kappa shape index (κ3) is 4.37. The summed E-state index contributed by atoms with van der Waals surface area (Å²) < 4.78 is 40.9. The zero-order valence-electron chi connectivity index (χ0n) is 14.4. The first-order chi connectivity index (χ1) is 12.8. The van der Waals surface area contributed by atoms with Crippen molar-refractivity contribution in [3.8, 4) is 5.88 Å². The number of hydrogen-bond acceptors (Lipinski definition) is 5. The van der Waals surface area contributed by atoms with Gasteiger partial charge in [-0.1, -0.05) is 25.3 Å². The standard InChI is InChI=1S/C17H18F3N3O4/c18-17(19,20)10-27-13-7-6-11(8-21-13)9-22-14(24)15(25)23(16(22)26)12-4-2-1-3-5-12/h6-8,12H,1-5,9-10H2. The van der Waals surface area contributed by atoms with Crippen LogP contribution in [0.3, 0.4) is 0 Å². The highest BCUT2D eigenvalue weighted by atomic mass is 19.4. The molecule has 0 N–H and O–H groups in total. The summed E-state index contributed by atoms with van der Waals surface area (Å²) in [5.74, 6) is -1.96. The summed E-state index contributed by atoms with van der Waals surface area (Å²) in [4.78, 5) is 42.6.